The fraction of sp³-hybridized carbons (Fsp3) is 0.875. The molecular weight excluding hydrogens is 228 g/mol. The van der Waals surface area contributed by atoms with Gasteiger partial charge in [0, 0.05) is 0 Å². The van der Waals surface area contributed by atoms with Gasteiger partial charge in [-0.05, 0) is 19.3 Å². The number of allylic oxidation sites excluding steroid dienone is 2. The molecule has 1 unspecified atom stereocenters. The molecule has 0 saturated heterocycles. The smallest absolute Gasteiger partial charge is 0.0516 e. The average Bonchev–Trinajstić information content (AvgIpc) is 2.32. The lowest BCUT2D eigenvalue weighted by Crippen LogP contribution is -1.93. The molecule has 17 heavy (non-hydrogen) atoms. The van der Waals surface area contributed by atoms with E-state index in [1.807, 2.05) is 0 Å². The minimum atomic E-state index is 0.280. The molecule has 0 radical (unpaired) electrons. The van der Waals surface area contributed by atoms with Crippen molar-refractivity contribution in [3.63, 3.8) is 0 Å². The van der Waals surface area contributed by atoms with Gasteiger partial charge in [-0.1, -0.05) is 76.4 Å². The molecular formula is C16H29Cl. The van der Waals surface area contributed by atoms with Gasteiger partial charge in [0.2, 0.25) is 0 Å². The van der Waals surface area contributed by atoms with E-state index in [9.17, 15) is 0 Å². The minimum Gasteiger partial charge on any atom is -0.118 e. The van der Waals surface area contributed by atoms with Gasteiger partial charge in [0.1, 0.15) is 0 Å². The number of hydrogen-bond donors (Lipinski definition) is 0. The number of alkyl halides is 1. The summed E-state index contributed by atoms with van der Waals surface area (Å²) in [5, 5.41) is 0.280. The van der Waals surface area contributed by atoms with Crippen molar-refractivity contribution in [1.29, 1.82) is 0 Å². The molecule has 0 amide bonds. The first kappa shape index (κ1) is 15.1. The van der Waals surface area contributed by atoms with Crippen LogP contribution in [-0.4, -0.2) is 5.38 Å². The van der Waals surface area contributed by atoms with Crippen molar-refractivity contribution in [3.05, 3.63) is 12.2 Å². The second-order valence-electron chi connectivity index (χ2n) is 5.41. The Morgan fingerprint density at radius 2 is 1.12 bits per heavy atom. The molecule has 1 atom stereocenters. The predicted octanol–water partition coefficient (Wildman–Crippen LogP) is 6.23. The summed E-state index contributed by atoms with van der Waals surface area (Å²) in [6.45, 7) is 0. The van der Waals surface area contributed by atoms with E-state index in [1.54, 1.807) is 0 Å². The Hall–Kier alpha value is 0.0300. The molecule has 1 aliphatic rings. The molecule has 0 fully saturated rings. The minimum absolute atomic E-state index is 0.280. The first-order chi connectivity index (χ1) is 8.39. The predicted molar refractivity (Wildman–Crippen MR) is 78.8 cm³/mol. The first-order valence-electron chi connectivity index (χ1n) is 7.70. The third kappa shape index (κ3) is 9.71. The van der Waals surface area contributed by atoms with Crippen LogP contribution >= 0.6 is 11.6 Å². The average molecular weight is 257 g/mol. The second kappa shape index (κ2) is 11.1. The van der Waals surface area contributed by atoms with Gasteiger partial charge < -0.3 is 0 Å². The molecule has 0 heterocycles. The van der Waals surface area contributed by atoms with Crippen LogP contribution in [0.15, 0.2) is 12.2 Å². The van der Waals surface area contributed by atoms with E-state index < -0.39 is 0 Å². The zero-order chi connectivity index (χ0) is 12.2. The second-order valence-corrected chi connectivity index (χ2v) is 5.97. The molecule has 1 rings (SSSR count). The highest BCUT2D eigenvalue weighted by Crippen LogP contribution is 2.16. The Kier molecular flexibility index (Phi) is 9.89. The zero-order valence-corrected chi connectivity index (χ0v) is 12.1. The van der Waals surface area contributed by atoms with Crippen molar-refractivity contribution in [2.45, 2.75) is 88.8 Å². The lowest BCUT2D eigenvalue weighted by molar-refractivity contribution is 0.540. The summed E-state index contributed by atoms with van der Waals surface area (Å²) in [4.78, 5) is 0. The van der Waals surface area contributed by atoms with E-state index in [0.717, 1.165) is 6.42 Å². The van der Waals surface area contributed by atoms with Gasteiger partial charge in [-0.25, -0.2) is 0 Å². The Labute approximate surface area is 113 Å². The summed E-state index contributed by atoms with van der Waals surface area (Å²) < 4.78 is 0. The van der Waals surface area contributed by atoms with Gasteiger partial charge in [-0.2, -0.15) is 0 Å². The largest absolute Gasteiger partial charge is 0.118 e. The van der Waals surface area contributed by atoms with Crippen LogP contribution in [0.1, 0.15) is 83.5 Å². The van der Waals surface area contributed by atoms with E-state index in [4.69, 9.17) is 11.6 Å². The summed E-state index contributed by atoms with van der Waals surface area (Å²) in [6, 6.07) is 0. The Morgan fingerprint density at radius 1 is 0.647 bits per heavy atom. The Balaban J connectivity index is 2.17. The maximum Gasteiger partial charge on any atom is 0.0516 e. The fourth-order valence-electron chi connectivity index (χ4n) is 2.53. The summed E-state index contributed by atoms with van der Waals surface area (Å²) in [7, 11) is 0. The zero-order valence-electron chi connectivity index (χ0n) is 11.3. The van der Waals surface area contributed by atoms with Crippen LogP contribution in [0.25, 0.3) is 0 Å². The highest BCUT2D eigenvalue weighted by atomic mass is 35.5. The molecule has 0 aromatic carbocycles. The van der Waals surface area contributed by atoms with Gasteiger partial charge in [-0.3, -0.25) is 0 Å². The van der Waals surface area contributed by atoms with Crippen LogP contribution in [0, 0.1) is 0 Å². The summed E-state index contributed by atoms with van der Waals surface area (Å²) in [6.07, 6.45) is 22.4. The Morgan fingerprint density at radius 3 is 1.71 bits per heavy atom. The number of hydrogen-bond acceptors (Lipinski definition) is 0. The molecule has 1 aliphatic carbocycles. The van der Waals surface area contributed by atoms with Crippen molar-refractivity contribution in [2.75, 3.05) is 0 Å². The summed E-state index contributed by atoms with van der Waals surface area (Å²) in [5.41, 5.74) is 0. The van der Waals surface area contributed by atoms with Crippen molar-refractivity contribution in [3.8, 4) is 0 Å². The quantitative estimate of drug-likeness (QED) is 0.356. The molecule has 100 valence electrons. The lowest BCUT2D eigenvalue weighted by Gasteiger charge is -2.06. The topological polar surface area (TPSA) is 0 Å². The van der Waals surface area contributed by atoms with E-state index >= 15 is 0 Å². The van der Waals surface area contributed by atoms with Gasteiger partial charge in [-0.15, -0.1) is 11.6 Å². The Bertz CT molecular complexity index is 186. The molecule has 0 saturated carbocycles. The van der Waals surface area contributed by atoms with Gasteiger partial charge in [0.15, 0.2) is 0 Å². The van der Waals surface area contributed by atoms with Crippen LogP contribution < -0.4 is 0 Å². The third-order valence-corrected chi connectivity index (χ3v) is 4.06. The molecule has 0 spiro atoms. The molecule has 0 bridgehead atoms. The van der Waals surface area contributed by atoms with Crippen LogP contribution in [0.4, 0.5) is 0 Å². The molecule has 0 nitrogen and oxygen atoms in total. The van der Waals surface area contributed by atoms with Gasteiger partial charge in [0.25, 0.3) is 0 Å². The summed E-state index contributed by atoms with van der Waals surface area (Å²) in [5.74, 6) is 0. The SMILES string of the molecule is ClC1/C=C\CCCCCCCCCCCCC1. The van der Waals surface area contributed by atoms with Crippen molar-refractivity contribution in [1.82, 2.24) is 0 Å². The van der Waals surface area contributed by atoms with E-state index in [-0.39, 0.29) is 5.38 Å². The number of halogens is 1. The summed E-state index contributed by atoms with van der Waals surface area (Å²) >= 11 is 6.26. The normalized spacial score (nSPS) is 28.6. The maximum atomic E-state index is 6.26. The highest BCUT2D eigenvalue weighted by Gasteiger charge is 2.00. The number of rotatable bonds is 0. The lowest BCUT2D eigenvalue weighted by atomic mass is 10.0. The maximum absolute atomic E-state index is 6.26. The molecule has 0 N–H and O–H groups in total. The molecule has 1 heteroatoms. The van der Waals surface area contributed by atoms with E-state index in [0.29, 0.717) is 0 Å². The monoisotopic (exact) mass is 256 g/mol. The van der Waals surface area contributed by atoms with Crippen LogP contribution in [-0.2, 0) is 0 Å². The third-order valence-electron chi connectivity index (χ3n) is 3.70. The molecule has 0 aliphatic heterocycles. The van der Waals surface area contributed by atoms with Gasteiger partial charge >= 0.3 is 0 Å². The van der Waals surface area contributed by atoms with Crippen LogP contribution in [0.5, 0.6) is 0 Å². The van der Waals surface area contributed by atoms with E-state index in [1.165, 1.54) is 77.0 Å². The standard InChI is InChI=1S/C16H29Cl/c17-16-14-12-10-8-6-4-2-1-3-5-7-9-11-13-15-16/h12,14,16H,1-11,13,15H2/b14-12-. The van der Waals surface area contributed by atoms with E-state index in [2.05, 4.69) is 12.2 Å². The van der Waals surface area contributed by atoms with Crippen molar-refractivity contribution in [2.24, 2.45) is 0 Å². The van der Waals surface area contributed by atoms with Crippen LogP contribution in [0.3, 0.4) is 0 Å². The van der Waals surface area contributed by atoms with Crippen molar-refractivity contribution >= 4 is 11.6 Å². The molecule has 0 aromatic rings. The van der Waals surface area contributed by atoms with Crippen LogP contribution in [0.2, 0.25) is 0 Å². The molecule has 0 aromatic heterocycles. The van der Waals surface area contributed by atoms with Crippen molar-refractivity contribution < 1.29 is 0 Å². The fourth-order valence-corrected chi connectivity index (χ4v) is 2.79. The highest BCUT2D eigenvalue weighted by molar-refractivity contribution is 6.21. The first-order valence-corrected chi connectivity index (χ1v) is 8.14. The van der Waals surface area contributed by atoms with Gasteiger partial charge in [0.05, 0.1) is 5.38 Å².